The second-order valence-electron chi connectivity index (χ2n) is 3.78. The number of carbonyl (C=O) groups is 1. The van der Waals surface area contributed by atoms with Crippen molar-refractivity contribution < 1.29 is 4.79 Å². The molecule has 2 nitrogen and oxygen atoms in total. The van der Waals surface area contributed by atoms with Crippen LogP contribution in [0.4, 0.5) is 0 Å². The Bertz CT molecular complexity index is 571. The zero-order valence-corrected chi connectivity index (χ0v) is 11.8. The van der Waals surface area contributed by atoms with Crippen molar-refractivity contribution in [2.45, 2.75) is 6.54 Å². The predicted molar refractivity (Wildman–Crippen MR) is 76.8 cm³/mol. The van der Waals surface area contributed by atoms with Crippen molar-refractivity contribution in [3.05, 3.63) is 69.2 Å². The molecule has 2 aromatic rings. The number of hydrogen-bond donors (Lipinski definition) is 1. The van der Waals surface area contributed by atoms with E-state index in [2.05, 4.69) is 21.2 Å². The lowest BCUT2D eigenvalue weighted by Gasteiger charge is -2.07. The lowest BCUT2D eigenvalue weighted by Crippen LogP contribution is -2.22. The van der Waals surface area contributed by atoms with E-state index in [1.54, 1.807) is 24.3 Å². The van der Waals surface area contributed by atoms with Gasteiger partial charge >= 0.3 is 0 Å². The first-order chi connectivity index (χ1) is 8.66. The Balaban J connectivity index is 2.03. The van der Waals surface area contributed by atoms with Gasteiger partial charge in [0.1, 0.15) is 0 Å². The minimum Gasteiger partial charge on any atom is -0.348 e. The highest BCUT2D eigenvalue weighted by atomic mass is 79.9. The van der Waals surface area contributed by atoms with E-state index in [-0.39, 0.29) is 5.91 Å². The number of carbonyl (C=O) groups excluding carboxylic acids is 1. The molecule has 0 aromatic heterocycles. The number of amides is 1. The van der Waals surface area contributed by atoms with E-state index < -0.39 is 0 Å². The van der Waals surface area contributed by atoms with Crippen molar-refractivity contribution >= 4 is 33.4 Å². The number of rotatable bonds is 3. The summed E-state index contributed by atoms with van der Waals surface area (Å²) >= 11 is 9.29. The third kappa shape index (κ3) is 3.34. The summed E-state index contributed by atoms with van der Waals surface area (Å²) in [6, 6.07) is 14.7. The molecule has 0 fully saturated rings. The van der Waals surface area contributed by atoms with E-state index in [1.807, 2.05) is 24.3 Å². The van der Waals surface area contributed by atoms with E-state index in [1.165, 1.54) is 0 Å². The van der Waals surface area contributed by atoms with Crippen LogP contribution in [-0.4, -0.2) is 5.91 Å². The molecule has 0 spiro atoms. The normalized spacial score (nSPS) is 10.1. The standard InChI is InChI=1S/C14H11BrClNO/c15-13-7-2-1-4-11(13)9-17-14(18)10-5-3-6-12(16)8-10/h1-8H,9H2,(H,17,18). The van der Waals surface area contributed by atoms with Gasteiger partial charge < -0.3 is 5.32 Å². The van der Waals surface area contributed by atoms with Crippen LogP contribution in [0.5, 0.6) is 0 Å². The Hall–Kier alpha value is -1.32. The number of nitrogens with one attached hydrogen (secondary N) is 1. The summed E-state index contributed by atoms with van der Waals surface area (Å²) in [6.45, 7) is 0.479. The Morgan fingerprint density at radius 1 is 1.17 bits per heavy atom. The van der Waals surface area contributed by atoms with Crippen LogP contribution in [0, 0.1) is 0 Å². The maximum absolute atomic E-state index is 11.9. The van der Waals surface area contributed by atoms with Crippen molar-refractivity contribution in [2.24, 2.45) is 0 Å². The first kappa shape index (κ1) is 13.1. The highest BCUT2D eigenvalue weighted by Crippen LogP contribution is 2.16. The van der Waals surface area contributed by atoms with Gasteiger partial charge in [-0.3, -0.25) is 4.79 Å². The maximum atomic E-state index is 11.9. The van der Waals surface area contributed by atoms with Crippen LogP contribution in [-0.2, 0) is 6.54 Å². The fourth-order valence-corrected chi connectivity index (χ4v) is 2.16. The van der Waals surface area contributed by atoms with Gasteiger partial charge in [-0.05, 0) is 29.8 Å². The predicted octanol–water partition coefficient (Wildman–Crippen LogP) is 4.03. The van der Waals surface area contributed by atoms with Crippen molar-refractivity contribution in [1.82, 2.24) is 5.32 Å². The van der Waals surface area contributed by atoms with E-state index >= 15 is 0 Å². The monoisotopic (exact) mass is 323 g/mol. The van der Waals surface area contributed by atoms with Crippen LogP contribution >= 0.6 is 27.5 Å². The van der Waals surface area contributed by atoms with Crippen molar-refractivity contribution in [1.29, 1.82) is 0 Å². The molecule has 18 heavy (non-hydrogen) atoms. The Morgan fingerprint density at radius 3 is 2.67 bits per heavy atom. The molecule has 92 valence electrons. The lowest BCUT2D eigenvalue weighted by molar-refractivity contribution is 0.0951. The fraction of sp³-hybridized carbons (Fsp3) is 0.0714. The van der Waals surface area contributed by atoms with Crippen LogP contribution in [0.1, 0.15) is 15.9 Å². The summed E-state index contributed by atoms with van der Waals surface area (Å²) in [4.78, 5) is 11.9. The average Bonchev–Trinajstić information content (AvgIpc) is 2.37. The zero-order valence-electron chi connectivity index (χ0n) is 9.49. The highest BCUT2D eigenvalue weighted by molar-refractivity contribution is 9.10. The van der Waals surface area contributed by atoms with Gasteiger partial charge in [0.25, 0.3) is 5.91 Å². The number of benzene rings is 2. The van der Waals surface area contributed by atoms with Crippen LogP contribution in [0.2, 0.25) is 5.02 Å². The lowest BCUT2D eigenvalue weighted by atomic mass is 10.2. The zero-order chi connectivity index (χ0) is 13.0. The summed E-state index contributed by atoms with van der Waals surface area (Å²) in [7, 11) is 0. The maximum Gasteiger partial charge on any atom is 0.251 e. The van der Waals surface area contributed by atoms with E-state index in [9.17, 15) is 4.79 Å². The molecule has 0 aliphatic heterocycles. The van der Waals surface area contributed by atoms with Gasteiger partial charge in [-0.25, -0.2) is 0 Å². The van der Waals surface area contributed by atoms with Gasteiger partial charge in [-0.2, -0.15) is 0 Å². The summed E-state index contributed by atoms with van der Waals surface area (Å²) in [5.74, 6) is -0.131. The third-order valence-electron chi connectivity index (χ3n) is 2.48. The molecule has 4 heteroatoms. The molecular formula is C14H11BrClNO. The first-order valence-electron chi connectivity index (χ1n) is 5.44. The molecule has 0 radical (unpaired) electrons. The molecule has 1 amide bonds. The molecule has 0 aliphatic carbocycles. The van der Waals surface area contributed by atoms with Gasteiger partial charge in [-0.15, -0.1) is 0 Å². The second-order valence-corrected chi connectivity index (χ2v) is 5.08. The summed E-state index contributed by atoms with van der Waals surface area (Å²) in [5, 5.41) is 3.41. The van der Waals surface area contributed by atoms with Crippen molar-refractivity contribution in [2.75, 3.05) is 0 Å². The summed E-state index contributed by atoms with van der Waals surface area (Å²) in [6.07, 6.45) is 0. The number of halogens is 2. The molecular weight excluding hydrogens is 314 g/mol. The fourth-order valence-electron chi connectivity index (χ4n) is 1.55. The molecule has 0 unspecified atom stereocenters. The van der Waals surface area contributed by atoms with Gasteiger partial charge in [0, 0.05) is 21.6 Å². The second kappa shape index (κ2) is 6.03. The summed E-state index contributed by atoms with van der Waals surface area (Å²) < 4.78 is 0.983. The molecule has 0 atom stereocenters. The van der Waals surface area contributed by atoms with Crippen LogP contribution in [0.15, 0.2) is 53.0 Å². The van der Waals surface area contributed by atoms with Gasteiger partial charge in [0.2, 0.25) is 0 Å². The van der Waals surface area contributed by atoms with E-state index in [0.29, 0.717) is 17.1 Å². The molecule has 0 heterocycles. The van der Waals surface area contributed by atoms with Gasteiger partial charge in [0.15, 0.2) is 0 Å². The molecule has 1 N–H and O–H groups in total. The minimum absolute atomic E-state index is 0.131. The molecule has 0 saturated heterocycles. The first-order valence-corrected chi connectivity index (χ1v) is 6.61. The van der Waals surface area contributed by atoms with Crippen molar-refractivity contribution in [3.63, 3.8) is 0 Å². The largest absolute Gasteiger partial charge is 0.348 e. The van der Waals surface area contributed by atoms with Crippen molar-refractivity contribution in [3.8, 4) is 0 Å². The topological polar surface area (TPSA) is 29.1 Å². The minimum atomic E-state index is -0.131. The molecule has 0 bridgehead atoms. The SMILES string of the molecule is O=C(NCc1ccccc1Br)c1cccc(Cl)c1. The highest BCUT2D eigenvalue weighted by Gasteiger charge is 2.06. The van der Waals surface area contributed by atoms with Crippen LogP contribution in [0.25, 0.3) is 0 Å². The average molecular weight is 325 g/mol. The van der Waals surface area contributed by atoms with E-state index in [4.69, 9.17) is 11.6 Å². The molecule has 0 aliphatic rings. The molecule has 2 rings (SSSR count). The van der Waals surface area contributed by atoms with Crippen LogP contribution in [0.3, 0.4) is 0 Å². The molecule has 0 saturated carbocycles. The third-order valence-corrected chi connectivity index (χ3v) is 3.49. The molecule has 2 aromatic carbocycles. The van der Waals surface area contributed by atoms with E-state index in [0.717, 1.165) is 10.0 Å². The number of hydrogen-bond acceptors (Lipinski definition) is 1. The quantitative estimate of drug-likeness (QED) is 0.907. The van der Waals surface area contributed by atoms with Gasteiger partial charge in [0.05, 0.1) is 0 Å². The Labute approximate surface area is 119 Å². The van der Waals surface area contributed by atoms with Crippen LogP contribution < -0.4 is 5.32 Å². The smallest absolute Gasteiger partial charge is 0.251 e. The van der Waals surface area contributed by atoms with Gasteiger partial charge in [-0.1, -0.05) is 51.8 Å². The summed E-state index contributed by atoms with van der Waals surface area (Å²) in [5.41, 5.74) is 1.60. The Morgan fingerprint density at radius 2 is 1.94 bits per heavy atom. The Kier molecular flexibility index (Phi) is 4.39.